The average molecular weight is 455 g/mol. The van der Waals surface area contributed by atoms with Crippen molar-refractivity contribution in [3.05, 3.63) is 40.0 Å². The SMILES string of the molecule is C=CCOC(=O)Nc1ccc(C(=O)OCCS(=O)(=O)O)cc1I. The summed E-state index contributed by atoms with van der Waals surface area (Å²) in [5.74, 6) is -1.42. The third-order valence-corrected chi connectivity index (χ3v) is 3.92. The molecule has 0 saturated carbocycles. The van der Waals surface area contributed by atoms with Gasteiger partial charge in [0.05, 0.1) is 11.3 Å². The highest BCUT2D eigenvalue weighted by molar-refractivity contribution is 14.1. The van der Waals surface area contributed by atoms with Crippen LogP contribution in [0.3, 0.4) is 0 Å². The minimum Gasteiger partial charge on any atom is -0.461 e. The highest BCUT2D eigenvalue weighted by Gasteiger charge is 2.13. The lowest BCUT2D eigenvalue weighted by Crippen LogP contribution is -2.16. The van der Waals surface area contributed by atoms with E-state index in [1.807, 2.05) is 22.6 Å². The van der Waals surface area contributed by atoms with Crippen molar-refractivity contribution in [1.29, 1.82) is 0 Å². The van der Waals surface area contributed by atoms with Gasteiger partial charge in [-0.2, -0.15) is 8.42 Å². The highest BCUT2D eigenvalue weighted by Crippen LogP contribution is 2.20. The van der Waals surface area contributed by atoms with Gasteiger partial charge in [0.2, 0.25) is 0 Å². The third kappa shape index (κ3) is 7.43. The minimum atomic E-state index is -4.19. The topological polar surface area (TPSA) is 119 Å². The molecule has 1 amide bonds. The van der Waals surface area contributed by atoms with Crippen molar-refractivity contribution in [3.8, 4) is 0 Å². The van der Waals surface area contributed by atoms with Crippen molar-refractivity contribution in [2.75, 3.05) is 24.3 Å². The van der Waals surface area contributed by atoms with E-state index in [1.54, 1.807) is 0 Å². The molecule has 1 rings (SSSR count). The van der Waals surface area contributed by atoms with Crippen molar-refractivity contribution in [1.82, 2.24) is 0 Å². The highest BCUT2D eigenvalue weighted by atomic mass is 127. The van der Waals surface area contributed by atoms with Crippen LogP contribution >= 0.6 is 22.6 Å². The van der Waals surface area contributed by atoms with Crippen LogP contribution in [0.25, 0.3) is 0 Å². The molecule has 0 bridgehead atoms. The number of nitrogens with one attached hydrogen (secondary N) is 1. The summed E-state index contributed by atoms with van der Waals surface area (Å²) in [6, 6.07) is 4.34. The zero-order valence-electron chi connectivity index (χ0n) is 11.8. The van der Waals surface area contributed by atoms with Gasteiger partial charge in [0.25, 0.3) is 10.1 Å². The molecule has 0 fully saturated rings. The first-order valence-electron chi connectivity index (χ1n) is 6.19. The standard InChI is InChI=1S/C13H14INO7S/c1-2-5-22-13(17)15-11-4-3-9(8-10(11)14)12(16)21-6-7-23(18,19)20/h2-4,8H,1,5-7H2,(H,15,17)(H,18,19,20). The molecular formula is C13H14INO7S. The van der Waals surface area contributed by atoms with Gasteiger partial charge in [-0.15, -0.1) is 0 Å². The molecule has 1 aromatic rings. The van der Waals surface area contributed by atoms with E-state index < -0.39 is 34.5 Å². The maximum Gasteiger partial charge on any atom is 0.411 e. The summed E-state index contributed by atoms with van der Waals surface area (Å²) in [6.07, 6.45) is 0.766. The average Bonchev–Trinajstić information content (AvgIpc) is 2.45. The quantitative estimate of drug-likeness (QED) is 0.280. The van der Waals surface area contributed by atoms with Crippen molar-refractivity contribution in [2.45, 2.75) is 0 Å². The molecular weight excluding hydrogens is 441 g/mol. The molecule has 0 aliphatic carbocycles. The van der Waals surface area contributed by atoms with E-state index in [1.165, 1.54) is 24.3 Å². The Morgan fingerprint density at radius 3 is 2.61 bits per heavy atom. The van der Waals surface area contributed by atoms with E-state index in [4.69, 9.17) is 14.0 Å². The van der Waals surface area contributed by atoms with Crippen molar-refractivity contribution < 1.29 is 32.0 Å². The fraction of sp³-hybridized carbons (Fsp3) is 0.231. The zero-order chi connectivity index (χ0) is 17.5. The fourth-order valence-corrected chi connectivity index (χ4v) is 2.29. The first-order valence-corrected chi connectivity index (χ1v) is 8.88. The molecule has 0 heterocycles. The number of halogens is 1. The number of rotatable bonds is 7. The first kappa shape index (κ1) is 19.4. The van der Waals surface area contributed by atoms with Gasteiger partial charge in [-0.1, -0.05) is 12.7 Å². The molecule has 0 aliphatic rings. The molecule has 0 radical (unpaired) electrons. The Morgan fingerprint density at radius 2 is 2.04 bits per heavy atom. The van der Waals surface area contributed by atoms with Gasteiger partial charge in [0, 0.05) is 3.57 Å². The van der Waals surface area contributed by atoms with Crippen LogP contribution in [0.1, 0.15) is 10.4 Å². The normalized spacial score (nSPS) is 10.7. The molecule has 23 heavy (non-hydrogen) atoms. The summed E-state index contributed by atoms with van der Waals surface area (Å²) in [7, 11) is -4.19. The number of carbonyl (C=O) groups excluding carboxylic acids is 2. The second-order valence-electron chi connectivity index (χ2n) is 4.13. The Kier molecular flexibility index (Phi) is 7.45. The number of hydrogen-bond acceptors (Lipinski definition) is 6. The van der Waals surface area contributed by atoms with Gasteiger partial charge in [-0.05, 0) is 40.8 Å². The van der Waals surface area contributed by atoms with E-state index >= 15 is 0 Å². The van der Waals surface area contributed by atoms with Crippen LogP contribution in [-0.4, -0.2) is 44.0 Å². The van der Waals surface area contributed by atoms with Crippen molar-refractivity contribution >= 4 is 50.5 Å². The van der Waals surface area contributed by atoms with E-state index in [0.717, 1.165) is 0 Å². The molecule has 2 N–H and O–H groups in total. The number of ether oxygens (including phenoxy) is 2. The van der Waals surface area contributed by atoms with Crippen LogP contribution in [0.15, 0.2) is 30.9 Å². The van der Waals surface area contributed by atoms with Gasteiger partial charge in [0.15, 0.2) is 0 Å². The number of esters is 1. The second-order valence-corrected chi connectivity index (χ2v) is 6.86. The van der Waals surface area contributed by atoms with Crippen LogP contribution in [0.5, 0.6) is 0 Å². The molecule has 126 valence electrons. The first-order chi connectivity index (χ1) is 10.7. The van der Waals surface area contributed by atoms with Gasteiger partial charge in [-0.25, -0.2) is 9.59 Å². The molecule has 0 unspecified atom stereocenters. The predicted molar refractivity (Wildman–Crippen MR) is 91.0 cm³/mol. The van der Waals surface area contributed by atoms with Crippen molar-refractivity contribution in [2.24, 2.45) is 0 Å². The number of carbonyl (C=O) groups is 2. The largest absolute Gasteiger partial charge is 0.461 e. The minimum absolute atomic E-state index is 0.0700. The summed E-state index contributed by atoms with van der Waals surface area (Å²) in [5.41, 5.74) is 0.615. The maximum absolute atomic E-state index is 11.7. The van der Waals surface area contributed by atoms with Gasteiger partial charge < -0.3 is 9.47 Å². The summed E-state index contributed by atoms with van der Waals surface area (Å²) in [6.45, 7) is 3.03. The zero-order valence-corrected chi connectivity index (χ0v) is 14.8. The van der Waals surface area contributed by atoms with E-state index in [2.05, 4.69) is 11.9 Å². The molecule has 0 saturated heterocycles. The number of benzene rings is 1. The Balaban J connectivity index is 2.66. The Morgan fingerprint density at radius 1 is 1.35 bits per heavy atom. The molecule has 0 spiro atoms. The molecule has 10 heteroatoms. The summed E-state index contributed by atoms with van der Waals surface area (Å²) in [4.78, 5) is 23.2. The smallest absolute Gasteiger partial charge is 0.411 e. The molecule has 1 aromatic carbocycles. The third-order valence-electron chi connectivity index (χ3n) is 2.35. The van der Waals surface area contributed by atoms with Gasteiger partial charge in [0.1, 0.15) is 19.0 Å². The lowest BCUT2D eigenvalue weighted by atomic mass is 10.2. The number of hydrogen-bond donors (Lipinski definition) is 2. The van der Waals surface area contributed by atoms with E-state index in [0.29, 0.717) is 9.26 Å². The van der Waals surface area contributed by atoms with Crippen LogP contribution in [0, 0.1) is 3.57 Å². The molecule has 0 aliphatic heterocycles. The summed E-state index contributed by atoms with van der Waals surface area (Å²) >= 11 is 1.91. The second kappa shape index (κ2) is 8.84. The maximum atomic E-state index is 11.7. The van der Waals surface area contributed by atoms with Crippen LogP contribution < -0.4 is 5.32 Å². The number of amides is 1. The van der Waals surface area contributed by atoms with Crippen LogP contribution in [0.2, 0.25) is 0 Å². The van der Waals surface area contributed by atoms with Crippen LogP contribution in [0.4, 0.5) is 10.5 Å². The summed E-state index contributed by atoms with van der Waals surface area (Å²) < 4.78 is 39.7. The lowest BCUT2D eigenvalue weighted by molar-refractivity contribution is 0.0528. The lowest BCUT2D eigenvalue weighted by Gasteiger charge is -2.09. The van der Waals surface area contributed by atoms with Gasteiger partial charge >= 0.3 is 12.1 Å². The predicted octanol–water partition coefficient (Wildman–Crippen LogP) is 2.07. The Hall–Kier alpha value is -1.66. The van der Waals surface area contributed by atoms with E-state index in [-0.39, 0.29) is 12.2 Å². The molecule has 0 atom stereocenters. The molecule has 8 nitrogen and oxygen atoms in total. The molecule has 0 aromatic heterocycles. The monoisotopic (exact) mass is 455 g/mol. The Labute approximate surface area is 146 Å². The summed E-state index contributed by atoms with van der Waals surface area (Å²) in [5, 5.41) is 2.49. The van der Waals surface area contributed by atoms with Crippen LogP contribution in [-0.2, 0) is 19.6 Å². The fourth-order valence-electron chi connectivity index (χ4n) is 1.35. The Bertz CT molecular complexity index is 702. The van der Waals surface area contributed by atoms with Crippen molar-refractivity contribution in [3.63, 3.8) is 0 Å². The van der Waals surface area contributed by atoms with Gasteiger partial charge in [-0.3, -0.25) is 9.87 Å². The number of anilines is 1. The van der Waals surface area contributed by atoms with E-state index in [9.17, 15) is 18.0 Å².